The average Bonchev–Trinajstić information content (AvgIpc) is 3.25. The monoisotopic (exact) mass is 361 g/mol. The fraction of sp³-hybridized carbons (Fsp3) is 0.348. The predicted octanol–water partition coefficient (Wildman–Crippen LogP) is 3.66. The number of aromatic nitrogens is 1. The molecule has 1 amide bonds. The van der Waals surface area contributed by atoms with Gasteiger partial charge in [0.1, 0.15) is 0 Å². The summed E-state index contributed by atoms with van der Waals surface area (Å²) in [5, 5.41) is 1.03. The minimum atomic E-state index is 0.133. The molecule has 1 aliphatic heterocycles. The first-order valence-electron chi connectivity index (χ1n) is 9.52. The van der Waals surface area contributed by atoms with Crippen molar-refractivity contribution in [2.45, 2.75) is 18.9 Å². The summed E-state index contributed by atoms with van der Waals surface area (Å²) in [5.74, 6) is 0.466. The minimum absolute atomic E-state index is 0.133. The molecule has 1 saturated heterocycles. The van der Waals surface area contributed by atoms with Gasteiger partial charge in [-0.05, 0) is 32.6 Å². The van der Waals surface area contributed by atoms with Gasteiger partial charge in [-0.3, -0.25) is 4.79 Å². The second-order valence-electron chi connectivity index (χ2n) is 7.93. The number of likely N-dealkylation sites (N-methyl/N-ethyl adjacent to an activating group) is 1. The molecule has 0 aliphatic carbocycles. The standard InChI is InChI=1S/C23H27N3O/c1-16-9-11-17(12-10-16)19-14-26(15-22(19)24(2)3)23(27)20-13-25(4)21-8-6-5-7-18(20)21/h5-13,19,22H,14-15H2,1-4H3. The maximum Gasteiger partial charge on any atom is 0.256 e. The number of hydrogen-bond acceptors (Lipinski definition) is 2. The fourth-order valence-electron chi connectivity index (χ4n) is 4.30. The molecule has 3 aromatic rings. The van der Waals surface area contributed by atoms with Gasteiger partial charge in [-0.15, -0.1) is 0 Å². The number of likely N-dealkylation sites (tertiary alicyclic amines) is 1. The number of amides is 1. The zero-order chi connectivity index (χ0) is 19.1. The third-order valence-electron chi connectivity index (χ3n) is 5.87. The van der Waals surface area contributed by atoms with Crippen molar-refractivity contribution in [2.24, 2.45) is 7.05 Å². The molecular weight excluding hydrogens is 334 g/mol. The molecule has 4 rings (SSSR count). The van der Waals surface area contributed by atoms with Gasteiger partial charge >= 0.3 is 0 Å². The molecule has 4 nitrogen and oxygen atoms in total. The molecule has 4 heteroatoms. The molecule has 0 bridgehead atoms. The number of benzene rings is 2. The summed E-state index contributed by atoms with van der Waals surface area (Å²) in [6.45, 7) is 3.62. The van der Waals surface area contributed by atoms with E-state index in [2.05, 4.69) is 56.3 Å². The maximum absolute atomic E-state index is 13.4. The lowest BCUT2D eigenvalue weighted by atomic mass is 9.93. The topological polar surface area (TPSA) is 28.5 Å². The summed E-state index contributed by atoms with van der Waals surface area (Å²) in [4.78, 5) is 17.6. The molecule has 1 fully saturated rings. The molecule has 0 saturated carbocycles. The highest BCUT2D eigenvalue weighted by Crippen LogP contribution is 2.32. The Morgan fingerprint density at radius 2 is 1.74 bits per heavy atom. The van der Waals surface area contributed by atoms with Gasteiger partial charge in [-0.25, -0.2) is 0 Å². The summed E-state index contributed by atoms with van der Waals surface area (Å²) in [5.41, 5.74) is 4.48. The van der Waals surface area contributed by atoms with E-state index in [-0.39, 0.29) is 5.91 Å². The third kappa shape index (κ3) is 3.15. The SMILES string of the molecule is Cc1ccc(C2CN(C(=O)c3cn(C)c4ccccc34)CC2N(C)C)cc1. The largest absolute Gasteiger partial charge is 0.350 e. The Hall–Kier alpha value is -2.59. The molecule has 2 aromatic carbocycles. The van der Waals surface area contributed by atoms with E-state index in [0.717, 1.165) is 29.6 Å². The molecule has 27 heavy (non-hydrogen) atoms. The lowest BCUT2D eigenvalue weighted by molar-refractivity contribution is 0.0784. The first kappa shape index (κ1) is 17.8. The third-order valence-corrected chi connectivity index (χ3v) is 5.87. The van der Waals surface area contributed by atoms with E-state index < -0.39 is 0 Å². The highest BCUT2D eigenvalue weighted by molar-refractivity contribution is 6.07. The number of fused-ring (bicyclic) bond motifs is 1. The van der Waals surface area contributed by atoms with Gasteiger partial charge in [-0.2, -0.15) is 0 Å². The Morgan fingerprint density at radius 1 is 1.04 bits per heavy atom. The molecule has 0 N–H and O–H groups in total. The van der Waals surface area contributed by atoms with E-state index in [9.17, 15) is 4.79 Å². The van der Waals surface area contributed by atoms with Crippen LogP contribution in [0.5, 0.6) is 0 Å². The Bertz CT molecular complexity index is 971. The van der Waals surface area contributed by atoms with Crippen LogP contribution >= 0.6 is 0 Å². The fourth-order valence-corrected chi connectivity index (χ4v) is 4.30. The van der Waals surface area contributed by atoms with Crippen LogP contribution in [0.15, 0.2) is 54.7 Å². The Kier molecular flexibility index (Phi) is 4.52. The van der Waals surface area contributed by atoms with Gasteiger partial charge in [0.15, 0.2) is 0 Å². The highest BCUT2D eigenvalue weighted by Gasteiger charge is 2.38. The molecule has 2 unspecified atom stereocenters. The smallest absolute Gasteiger partial charge is 0.256 e. The van der Waals surface area contributed by atoms with Crippen LogP contribution in [-0.4, -0.2) is 53.5 Å². The molecule has 1 aromatic heterocycles. The van der Waals surface area contributed by atoms with E-state index in [0.29, 0.717) is 12.0 Å². The quantitative estimate of drug-likeness (QED) is 0.712. The van der Waals surface area contributed by atoms with Crippen LogP contribution in [0.3, 0.4) is 0 Å². The van der Waals surface area contributed by atoms with Crippen molar-refractivity contribution in [3.8, 4) is 0 Å². The normalized spacial score (nSPS) is 20.0. The molecule has 140 valence electrons. The van der Waals surface area contributed by atoms with Gasteiger partial charge in [0.2, 0.25) is 0 Å². The van der Waals surface area contributed by atoms with Crippen molar-refractivity contribution in [1.82, 2.24) is 14.4 Å². The Labute approximate surface area is 161 Å². The van der Waals surface area contributed by atoms with E-state index in [4.69, 9.17) is 0 Å². The average molecular weight is 361 g/mol. The number of rotatable bonds is 3. The van der Waals surface area contributed by atoms with Crippen molar-refractivity contribution in [3.05, 3.63) is 71.4 Å². The molecule has 1 aliphatic rings. The van der Waals surface area contributed by atoms with E-state index >= 15 is 0 Å². The van der Waals surface area contributed by atoms with Crippen molar-refractivity contribution in [1.29, 1.82) is 0 Å². The molecule has 0 radical (unpaired) electrons. The Balaban J connectivity index is 1.66. The first-order chi connectivity index (χ1) is 13.0. The number of nitrogens with zero attached hydrogens (tertiary/aromatic N) is 3. The zero-order valence-electron chi connectivity index (χ0n) is 16.5. The van der Waals surface area contributed by atoms with Crippen molar-refractivity contribution >= 4 is 16.8 Å². The lowest BCUT2D eigenvalue weighted by Gasteiger charge is -2.25. The van der Waals surface area contributed by atoms with Gasteiger partial charge in [0, 0.05) is 49.2 Å². The highest BCUT2D eigenvalue weighted by atomic mass is 16.2. The van der Waals surface area contributed by atoms with E-state index in [1.165, 1.54) is 11.1 Å². The van der Waals surface area contributed by atoms with Crippen molar-refractivity contribution in [3.63, 3.8) is 0 Å². The number of aryl methyl sites for hydroxylation is 2. The second kappa shape index (κ2) is 6.86. The Morgan fingerprint density at radius 3 is 2.44 bits per heavy atom. The summed E-state index contributed by atoms with van der Waals surface area (Å²) in [7, 11) is 6.22. The molecule has 0 spiro atoms. The molecular formula is C23H27N3O. The number of carbonyl (C=O) groups is 1. The van der Waals surface area contributed by atoms with Crippen LogP contribution in [0.1, 0.15) is 27.4 Å². The van der Waals surface area contributed by atoms with Crippen LogP contribution in [0.2, 0.25) is 0 Å². The van der Waals surface area contributed by atoms with Gasteiger partial charge in [-0.1, -0.05) is 48.0 Å². The van der Waals surface area contributed by atoms with Gasteiger partial charge in [0.05, 0.1) is 5.56 Å². The van der Waals surface area contributed by atoms with Crippen molar-refractivity contribution in [2.75, 3.05) is 27.2 Å². The van der Waals surface area contributed by atoms with E-state index in [1.807, 2.05) is 40.9 Å². The summed E-state index contributed by atoms with van der Waals surface area (Å²) >= 11 is 0. The summed E-state index contributed by atoms with van der Waals surface area (Å²) < 4.78 is 2.04. The van der Waals surface area contributed by atoms with Crippen LogP contribution in [0.25, 0.3) is 10.9 Å². The van der Waals surface area contributed by atoms with Crippen LogP contribution < -0.4 is 0 Å². The van der Waals surface area contributed by atoms with Crippen molar-refractivity contribution < 1.29 is 4.79 Å². The number of para-hydroxylation sites is 1. The maximum atomic E-state index is 13.4. The predicted molar refractivity (Wildman–Crippen MR) is 110 cm³/mol. The van der Waals surface area contributed by atoms with Crippen LogP contribution in [0.4, 0.5) is 0 Å². The van der Waals surface area contributed by atoms with Crippen LogP contribution in [0, 0.1) is 6.92 Å². The number of carbonyl (C=O) groups excluding carboxylic acids is 1. The second-order valence-corrected chi connectivity index (χ2v) is 7.93. The molecule has 2 heterocycles. The lowest BCUT2D eigenvalue weighted by Crippen LogP contribution is -2.35. The first-order valence-corrected chi connectivity index (χ1v) is 9.52. The molecule has 2 atom stereocenters. The van der Waals surface area contributed by atoms with Gasteiger partial charge < -0.3 is 14.4 Å². The van der Waals surface area contributed by atoms with E-state index in [1.54, 1.807) is 0 Å². The van der Waals surface area contributed by atoms with Crippen LogP contribution in [-0.2, 0) is 7.05 Å². The summed E-state index contributed by atoms with van der Waals surface area (Å²) in [6, 6.07) is 17.2. The minimum Gasteiger partial charge on any atom is -0.350 e. The number of hydrogen-bond donors (Lipinski definition) is 0. The zero-order valence-corrected chi connectivity index (χ0v) is 16.5. The van der Waals surface area contributed by atoms with Gasteiger partial charge in [0.25, 0.3) is 5.91 Å². The summed E-state index contributed by atoms with van der Waals surface area (Å²) in [6.07, 6.45) is 1.97.